The number of hydrogen-bond donors (Lipinski definition) is 5. The van der Waals surface area contributed by atoms with E-state index in [-0.39, 0.29) is 69.7 Å². The molecule has 1 aromatic carbocycles. The second-order valence-electron chi connectivity index (χ2n) is 9.36. The average Bonchev–Trinajstić information content (AvgIpc) is 3.41. The summed E-state index contributed by atoms with van der Waals surface area (Å²) in [5.41, 5.74) is 5.64. The van der Waals surface area contributed by atoms with E-state index in [4.69, 9.17) is 5.73 Å². The van der Waals surface area contributed by atoms with Crippen molar-refractivity contribution in [3.05, 3.63) is 47.3 Å². The van der Waals surface area contributed by atoms with Crippen LogP contribution in [0.25, 0.3) is 0 Å². The van der Waals surface area contributed by atoms with Gasteiger partial charge in [-0.05, 0) is 33.7 Å². The molecule has 0 spiro atoms. The molecule has 0 aliphatic carbocycles. The SMILES string of the molecule is CNc1ncc(N(C(N)=O)C(C(=O)NC2C(=O)N3C(C(=O)[O-])=C(CSc4nnnn4C)CS[C@H]23)c2ccc(O)cc2)c(O)n1.[Na+]. The molecule has 4 heterocycles. The molecule has 230 valence electrons. The van der Waals surface area contributed by atoms with Gasteiger partial charge in [0.25, 0.3) is 5.91 Å². The quantitative estimate of drug-likeness (QED) is 0.0774. The van der Waals surface area contributed by atoms with E-state index < -0.39 is 47.2 Å². The third kappa shape index (κ3) is 6.64. The van der Waals surface area contributed by atoms with Crippen LogP contribution in [0.4, 0.5) is 16.4 Å². The molecule has 21 heteroatoms. The number of aliphatic carboxylic acids is 1. The molecule has 1 saturated heterocycles. The Morgan fingerprint density at radius 2 is 1.98 bits per heavy atom. The number of nitrogens with zero attached hydrogens (tertiary/aromatic N) is 8. The van der Waals surface area contributed by atoms with Crippen LogP contribution in [0.15, 0.2) is 46.9 Å². The molecule has 2 aromatic heterocycles. The maximum Gasteiger partial charge on any atom is 1.00 e. The minimum Gasteiger partial charge on any atom is -0.543 e. The molecule has 45 heavy (non-hydrogen) atoms. The van der Waals surface area contributed by atoms with Crippen molar-refractivity contribution in [3.63, 3.8) is 0 Å². The number of amides is 4. The Morgan fingerprint density at radius 3 is 2.56 bits per heavy atom. The van der Waals surface area contributed by atoms with Crippen molar-refractivity contribution in [1.29, 1.82) is 0 Å². The van der Waals surface area contributed by atoms with Crippen LogP contribution in [0.3, 0.4) is 0 Å². The molecule has 1 fully saturated rings. The number of tetrazole rings is 1. The largest absolute Gasteiger partial charge is 1.00 e. The molecule has 18 nitrogen and oxygen atoms in total. The third-order valence-electron chi connectivity index (χ3n) is 6.68. The number of aromatic hydroxyl groups is 2. The molecule has 3 atom stereocenters. The third-order valence-corrected chi connectivity index (χ3v) is 9.12. The van der Waals surface area contributed by atoms with Crippen molar-refractivity contribution in [2.75, 3.05) is 28.8 Å². The van der Waals surface area contributed by atoms with Crippen LogP contribution in [0.2, 0.25) is 0 Å². The van der Waals surface area contributed by atoms with Gasteiger partial charge in [0, 0.05) is 25.6 Å². The first-order chi connectivity index (χ1) is 21.0. The monoisotopic (exact) mass is 665 g/mol. The number of aryl methyl sites for hydroxylation is 1. The number of phenolic OH excluding ortho intramolecular Hbond substituents is 1. The van der Waals surface area contributed by atoms with Gasteiger partial charge in [-0.15, -0.1) is 16.9 Å². The van der Waals surface area contributed by atoms with Crippen LogP contribution in [0.5, 0.6) is 11.6 Å². The molecular formula is C24H24N11NaO7S2. The van der Waals surface area contributed by atoms with Crippen molar-refractivity contribution in [2.24, 2.45) is 12.8 Å². The Bertz CT molecular complexity index is 1670. The molecule has 4 amide bonds. The Labute approximate surface area is 285 Å². The molecule has 0 saturated carbocycles. The molecule has 0 radical (unpaired) electrons. The number of nitrogens with one attached hydrogen (secondary N) is 2. The first kappa shape index (κ1) is 33.8. The van der Waals surface area contributed by atoms with Gasteiger partial charge in [-0.2, -0.15) is 4.98 Å². The number of benzene rings is 1. The molecule has 2 aliphatic heterocycles. The maximum absolute atomic E-state index is 13.8. The first-order valence-corrected chi connectivity index (χ1v) is 14.7. The number of hydrogen-bond acceptors (Lipinski definition) is 15. The Kier molecular flexibility index (Phi) is 10.4. The van der Waals surface area contributed by atoms with E-state index in [0.29, 0.717) is 10.7 Å². The molecule has 2 unspecified atom stereocenters. The number of nitrogens with two attached hydrogens (primary N) is 1. The number of anilines is 2. The summed E-state index contributed by atoms with van der Waals surface area (Å²) in [7, 11) is 3.14. The van der Waals surface area contributed by atoms with Gasteiger partial charge < -0.3 is 36.5 Å². The summed E-state index contributed by atoms with van der Waals surface area (Å²) in [6, 6.07) is 1.35. The summed E-state index contributed by atoms with van der Waals surface area (Å²) in [6.07, 6.45) is 1.08. The minimum absolute atomic E-state index is 0. The average molecular weight is 666 g/mol. The van der Waals surface area contributed by atoms with E-state index in [1.165, 1.54) is 59.5 Å². The van der Waals surface area contributed by atoms with Crippen molar-refractivity contribution in [2.45, 2.75) is 22.6 Å². The fourth-order valence-electron chi connectivity index (χ4n) is 4.63. The normalized spacial score (nSPS) is 17.8. The van der Waals surface area contributed by atoms with Gasteiger partial charge in [-0.25, -0.2) is 14.5 Å². The smallest absolute Gasteiger partial charge is 0.543 e. The second kappa shape index (κ2) is 13.9. The summed E-state index contributed by atoms with van der Waals surface area (Å²) in [6.45, 7) is 0. The van der Waals surface area contributed by atoms with E-state index in [1.807, 2.05) is 0 Å². The zero-order chi connectivity index (χ0) is 31.7. The van der Waals surface area contributed by atoms with Gasteiger partial charge in [0.1, 0.15) is 28.9 Å². The molecule has 3 aromatic rings. The number of carboxylic acid groups (broad SMARTS) is 1. The molecule has 2 aliphatic rings. The number of phenols is 1. The van der Waals surface area contributed by atoms with Crippen LogP contribution < -0.4 is 55.9 Å². The van der Waals surface area contributed by atoms with Crippen molar-refractivity contribution in [1.82, 2.24) is 40.4 Å². The van der Waals surface area contributed by atoms with Gasteiger partial charge in [0.15, 0.2) is 0 Å². The van der Waals surface area contributed by atoms with E-state index in [9.17, 15) is 34.5 Å². The van der Waals surface area contributed by atoms with Gasteiger partial charge in [0.05, 0.1) is 17.9 Å². The minimum atomic E-state index is -1.57. The van der Waals surface area contributed by atoms with E-state index >= 15 is 0 Å². The van der Waals surface area contributed by atoms with Crippen LogP contribution in [0.1, 0.15) is 11.6 Å². The Hall–Kier alpha value is -4.11. The fraction of sp³-hybridized carbons (Fsp3) is 0.292. The van der Waals surface area contributed by atoms with Gasteiger partial charge in [0.2, 0.25) is 22.9 Å². The topological polar surface area (TPSA) is 258 Å². The predicted molar refractivity (Wildman–Crippen MR) is 153 cm³/mol. The Morgan fingerprint density at radius 1 is 1.27 bits per heavy atom. The number of carboxylic acids is 1. The van der Waals surface area contributed by atoms with Crippen LogP contribution in [-0.4, -0.2) is 99.1 Å². The van der Waals surface area contributed by atoms with E-state index in [2.05, 4.69) is 36.1 Å². The fourth-order valence-corrected chi connectivity index (χ4v) is 6.96. The number of aromatic nitrogens is 6. The molecule has 0 bridgehead atoms. The summed E-state index contributed by atoms with van der Waals surface area (Å²) >= 11 is 2.42. The summed E-state index contributed by atoms with van der Waals surface area (Å²) < 4.78 is 1.42. The van der Waals surface area contributed by atoms with Crippen molar-refractivity contribution >= 4 is 59.0 Å². The van der Waals surface area contributed by atoms with E-state index in [1.54, 1.807) is 7.05 Å². The first-order valence-electron chi connectivity index (χ1n) is 12.7. The van der Waals surface area contributed by atoms with Gasteiger partial charge in [-0.1, -0.05) is 23.9 Å². The standard InChI is InChI=1S/C24H25N11O7S2.Na/c1-26-23-27-7-13(17(37)29-23)34(22(25)42)15(10-3-5-12(36)6-4-10)18(38)28-14-19(39)35-16(21(40)41)11(8-43-20(14)35)9-44-24-30-31-32-33(24)2;/h3-7,14-15,20,36H,8-9H2,1-2H3,(H2,25,42)(H,28,38)(H,40,41)(H2,26,27,29,37);/q;+1/p-1/t14?,15?,20-;/m1./s1. The number of rotatable bonds is 10. The van der Waals surface area contributed by atoms with Crippen molar-refractivity contribution < 1.29 is 64.1 Å². The Balaban J connectivity index is 0.00000461. The predicted octanol–water partition coefficient (Wildman–Crippen LogP) is -4.72. The number of fused-ring (bicyclic) bond motifs is 1. The van der Waals surface area contributed by atoms with Crippen LogP contribution in [0, 0.1) is 0 Å². The zero-order valence-electron chi connectivity index (χ0n) is 23.9. The number of primary amides is 1. The number of carbonyl (C=O) groups excluding carboxylic acids is 4. The number of carbonyl (C=O) groups is 4. The summed E-state index contributed by atoms with van der Waals surface area (Å²) in [4.78, 5) is 61.7. The van der Waals surface area contributed by atoms with Gasteiger partial charge in [-0.3, -0.25) is 19.4 Å². The summed E-state index contributed by atoms with van der Waals surface area (Å²) in [5.74, 6) is -3.54. The molecular weight excluding hydrogens is 641 g/mol. The van der Waals surface area contributed by atoms with Crippen molar-refractivity contribution in [3.8, 4) is 11.6 Å². The number of β-lactam (4-membered cyclic amide) rings is 1. The van der Waals surface area contributed by atoms with Crippen LogP contribution >= 0.6 is 23.5 Å². The maximum atomic E-state index is 13.8. The second-order valence-corrected chi connectivity index (χ2v) is 11.4. The van der Waals surface area contributed by atoms with E-state index in [0.717, 1.165) is 16.0 Å². The zero-order valence-corrected chi connectivity index (χ0v) is 27.6. The number of thioether (sulfide) groups is 2. The summed E-state index contributed by atoms with van der Waals surface area (Å²) in [5, 5.41) is 48.5. The van der Waals surface area contributed by atoms with Crippen LogP contribution in [-0.2, 0) is 21.4 Å². The number of urea groups is 1. The molecule has 6 N–H and O–H groups in total. The molecule has 5 rings (SSSR count). The van der Waals surface area contributed by atoms with Gasteiger partial charge >= 0.3 is 35.6 Å².